The second-order valence-corrected chi connectivity index (χ2v) is 8.17. The van der Waals surface area contributed by atoms with Crippen molar-refractivity contribution in [3.63, 3.8) is 0 Å². The van der Waals surface area contributed by atoms with Crippen LogP contribution in [0, 0.1) is 12.1 Å². The van der Waals surface area contributed by atoms with Gasteiger partial charge in [-0.2, -0.15) is 72.8 Å². The van der Waals surface area contributed by atoms with E-state index in [-0.39, 0.29) is 19.5 Å². The molecule has 11 heteroatoms. The van der Waals surface area contributed by atoms with E-state index in [0.717, 1.165) is 0 Å². The van der Waals surface area contributed by atoms with Crippen LogP contribution in [0.4, 0.5) is 0 Å². The van der Waals surface area contributed by atoms with Gasteiger partial charge in [0.1, 0.15) is 0 Å². The second kappa shape index (κ2) is 17.0. The zero-order valence-corrected chi connectivity index (χ0v) is 18.3. The van der Waals surface area contributed by atoms with Crippen LogP contribution in [0.1, 0.15) is 0 Å². The molecule has 0 atom stereocenters. The van der Waals surface area contributed by atoms with Gasteiger partial charge in [0.2, 0.25) is 0 Å². The third kappa shape index (κ3) is 61.0. The fraction of sp³-hybridized carbons (Fsp3) is 0. The van der Waals surface area contributed by atoms with Crippen LogP contribution in [0.5, 0.6) is 0 Å². The van der Waals surface area contributed by atoms with E-state index in [1.807, 2.05) is 60.7 Å². The quantitative estimate of drug-likeness (QED) is 0.203. The zero-order valence-electron chi connectivity index (χ0n) is 11.9. The Hall–Kier alpha value is 0.123. The monoisotopic (exact) mass is 446 g/mol. The predicted molar refractivity (Wildman–Crippen MR) is 92.4 cm³/mol. The first kappa shape index (κ1) is 27.9. The SMILES string of the molecule is OP(O)(O)=S.OP(O)(O)=S.[Zn+2].[c-]1ccccc1.[c-]1ccccc1. The van der Waals surface area contributed by atoms with Crippen molar-refractivity contribution in [2.45, 2.75) is 0 Å². The molecule has 124 valence electrons. The van der Waals surface area contributed by atoms with E-state index < -0.39 is 13.4 Å². The van der Waals surface area contributed by atoms with Crippen molar-refractivity contribution in [2.75, 3.05) is 0 Å². The molecule has 0 saturated carbocycles. The van der Waals surface area contributed by atoms with Gasteiger partial charge in [0.15, 0.2) is 0 Å². The van der Waals surface area contributed by atoms with Crippen LogP contribution in [-0.4, -0.2) is 29.4 Å². The molecule has 0 spiro atoms. The van der Waals surface area contributed by atoms with Gasteiger partial charge in [-0.15, -0.1) is 0 Å². The summed E-state index contributed by atoms with van der Waals surface area (Å²) in [4.78, 5) is 45.3. The molecule has 0 radical (unpaired) electrons. The van der Waals surface area contributed by atoms with E-state index in [0.29, 0.717) is 0 Å². The molecule has 0 unspecified atom stereocenters. The van der Waals surface area contributed by atoms with E-state index in [2.05, 4.69) is 35.7 Å². The Balaban J connectivity index is -0.000000230. The van der Waals surface area contributed by atoms with Crippen molar-refractivity contribution in [1.82, 2.24) is 0 Å². The van der Waals surface area contributed by atoms with E-state index in [1.165, 1.54) is 0 Å². The van der Waals surface area contributed by atoms with Crippen LogP contribution in [0.3, 0.4) is 0 Å². The van der Waals surface area contributed by atoms with Gasteiger partial charge >= 0.3 is 32.9 Å². The Kier molecular flexibility index (Phi) is 20.6. The molecule has 0 aliphatic rings. The van der Waals surface area contributed by atoms with Crippen LogP contribution in [0.2, 0.25) is 0 Å². The Morgan fingerprint density at radius 2 is 0.696 bits per heavy atom. The van der Waals surface area contributed by atoms with Crippen molar-refractivity contribution < 1.29 is 48.8 Å². The van der Waals surface area contributed by atoms with Crippen molar-refractivity contribution >= 4 is 37.1 Å². The zero-order chi connectivity index (χ0) is 17.5. The first-order valence-electron chi connectivity index (χ1n) is 5.39. The molecule has 0 aromatic heterocycles. The summed E-state index contributed by atoms with van der Waals surface area (Å²) in [6.45, 7) is -7.61. The first-order valence-corrected chi connectivity index (χ1v) is 10.7. The Morgan fingerprint density at radius 3 is 0.739 bits per heavy atom. The van der Waals surface area contributed by atoms with Gasteiger partial charge in [-0.05, 0) is 23.6 Å². The molecule has 2 aromatic carbocycles. The molecule has 2 aromatic rings. The molecular formula is C12H16O6P2S2Zn. The molecule has 2 rings (SSSR count). The summed E-state index contributed by atoms with van der Waals surface area (Å²) in [6.07, 6.45) is 0. The maximum absolute atomic E-state index is 7.56. The average Bonchev–Trinajstić information content (AvgIpc) is 2.40. The molecule has 0 amide bonds. The van der Waals surface area contributed by atoms with Crippen molar-refractivity contribution in [1.29, 1.82) is 0 Å². The molecule has 6 N–H and O–H groups in total. The van der Waals surface area contributed by atoms with E-state index in [1.54, 1.807) is 0 Å². The summed E-state index contributed by atoms with van der Waals surface area (Å²) in [5, 5.41) is 0. The van der Waals surface area contributed by atoms with Gasteiger partial charge in [0.25, 0.3) is 0 Å². The van der Waals surface area contributed by atoms with Crippen LogP contribution < -0.4 is 0 Å². The summed E-state index contributed by atoms with van der Waals surface area (Å²) >= 11 is 7.21. The standard InChI is InChI=1S/2C6H5.2H3O3PS.Zn/c2*1-2-4-6-5-3-1;2*1-4(2,3)5;/h2*1-5H;2*(H3,1,2,3,5);/q2*-1;;;+2. The first-order chi connectivity index (χ1) is 10.0. The molecule has 23 heavy (non-hydrogen) atoms. The molecular weight excluding hydrogens is 432 g/mol. The van der Waals surface area contributed by atoms with Crippen LogP contribution in [0.15, 0.2) is 60.7 Å². The van der Waals surface area contributed by atoms with E-state index >= 15 is 0 Å². The maximum atomic E-state index is 7.56. The Morgan fingerprint density at radius 1 is 0.522 bits per heavy atom. The fourth-order valence-electron chi connectivity index (χ4n) is 0.684. The second-order valence-electron chi connectivity index (χ2n) is 3.18. The molecule has 6 nitrogen and oxygen atoms in total. The Labute approximate surface area is 158 Å². The van der Waals surface area contributed by atoms with E-state index in [9.17, 15) is 0 Å². The number of hydrogen-bond acceptors (Lipinski definition) is 2. The molecule has 0 fully saturated rings. The summed E-state index contributed by atoms with van der Waals surface area (Å²) in [5.74, 6) is 0. The van der Waals surface area contributed by atoms with Gasteiger partial charge in [0.05, 0.1) is 0 Å². The fourth-order valence-corrected chi connectivity index (χ4v) is 0.684. The topological polar surface area (TPSA) is 121 Å². The van der Waals surface area contributed by atoms with Gasteiger partial charge in [-0.25, -0.2) is 0 Å². The van der Waals surface area contributed by atoms with Gasteiger partial charge < -0.3 is 29.4 Å². The Bertz CT molecular complexity index is 429. The van der Waals surface area contributed by atoms with E-state index in [4.69, 9.17) is 29.4 Å². The molecule has 0 bridgehead atoms. The summed E-state index contributed by atoms with van der Waals surface area (Å²) in [5.41, 5.74) is 0. The number of benzene rings is 2. The van der Waals surface area contributed by atoms with Crippen LogP contribution >= 0.6 is 13.4 Å². The van der Waals surface area contributed by atoms with Gasteiger partial charge in [0, 0.05) is 0 Å². The third-order valence-electron chi connectivity index (χ3n) is 1.21. The van der Waals surface area contributed by atoms with Gasteiger partial charge in [-0.3, -0.25) is 0 Å². The van der Waals surface area contributed by atoms with Crippen molar-refractivity contribution in [3.8, 4) is 0 Å². The predicted octanol–water partition coefficient (Wildman–Crippen LogP) is 1.35. The normalized spacial score (nSPS) is 9.30. The van der Waals surface area contributed by atoms with Crippen LogP contribution in [-0.2, 0) is 43.1 Å². The van der Waals surface area contributed by atoms with Crippen molar-refractivity contribution in [2.24, 2.45) is 0 Å². The minimum Gasteiger partial charge on any atom is -0.325 e. The minimum atomic E-state index is -3.81. The smallest absolute Gasteiger partial charge is 0.325 e. The molecule has 0 saturated heterocycles. The molecule has 0 heterocycles. The minimum absolute atomic E-state index is 0. The molecule has 0 aliphatic heterocycles. The largest absolute Gasteiger partial charge is 2.00 e. The summed E-state index contributed by atoms with van der Waals surface area (Å²) < 4.78 is 0. The molecule has 0 aliphatic carbocycles. The third-order valence-corrected chi connectivity index (χ3v) is 1.21. The summed E-state index contributed by atoms with van der Waals surface area (Å²) in [6, 6.07) is 25.0. The maximum Gasteiger partial charge on any atom is 2.00 e. The number of hydrogen-bond donors (Lipinski definition) is 6. The average molecular weight is 448 g/mol. The van der Waals surface area contributed by atoms with Crippen molar-refractivity contribution in [3.05, 3.63) is 72.8 Å². The number of rotatable bonds is 0. The van der Waals surface area contributed by atoms with Gasteiger partial charge in [-0.1, -0.05) is 0 Å². The summed E-state index contributed by atoms with van der Waals surface area (Å²) in [7, 11) is 0. The van der Waals surface area contributed by atoms with Crippen LogP contribution in [0.25, 0.3) is 0 Å².